The van der Waals surface area contributed by atoms with Crippen LogP contribution in [0.3, 0.4) is 0 Å². The minimum atomic E-state index is -0.0330. The van der Waals surface area contributed by atoms with Crippen LogP contribution in [-0.4, -0.2) is 48.3 Å². The Bertz CT molecular complexity index is 450. The molecule has 20 heavy (non-hydrogen) atoms. The number of aryl methyl sites for hydroxylation is 1. The Hall–Kier alpha value is -1.84. The molecule has 0 fully saturated rings. The van der Waals surface area contributed by atoms with E-state index >= 15 is 0 Å². The Balaban J connectivity index is 2.54. The monoisotopic (exact) mass is 276 g/mol. The molecule has 1 aromatic carbocycles. The van der Waals surface area contributed by atoms with E-state index in [1.54, 1.807) is 11.9 Å². The largest absolute Gasteiger partial charge is 0.342 e. The van der Waals surface area contributed by atoms with Crippen LogP contribution in [0.5, 0.6) is 0 Å². The van der Waals surface area contributed by atoms with E-state index in [0.717, 1.165) is 5.56 Å². The molecule has 0 heterocycles. The van der Waals surface area contributed by atoms with Gasteiger partial charge in [0, 0.05) is 20.1 Å². The summed E-state index contributed by atoms with van der Waals surface area (Å²) in [6.07, 6.45) is 0.336. The van der Waals surface area contributed by atoms with Crippen LogP contribution in [-0.2, 0) is 16.0 Å². The summed E-state index contributed by atoms with van der Waals surface area (Å²) in [7, 11) is 1.68. The number of carbonyl (C=O) groups is 2. The lowest BCUT2D eigenvalue weighted by molar-refractivity contribution is -0.138. The van der Waals surface area contributed by atoms with E-state index in [4.69, 9.17) is 0 Å². The first-order valence-corrected chi connectivity index (χ1v) is 7.05. The normalized spacial score (nSPS) is 10.2. The van der Waals surface area contributed by atoms with Crippen molar-refractivity contribution in [2.75, 3.05) is 26.7 Å². The van der Waals surface area contributed by atoms with Crippen molar-refractivity contribution in [2.45, 2.75) is 27.2 Å². The van der Waals surface area contributed by atoms with Gasteiger partial charge in [-0.2, -0.15) is 0 Å². The second-order valence-corrected chi connectivity index (χ2v) is 4.98. The Morgan fingerprint density at radius 1 is 1.00 bits per heavy atom. The molecule has 0 saturated heterocycles. The van der Waals surface area contributed by atoms with Gasteiger partial charge in [0.1, 0.15) is 0 Å². The first-order chi connectivity index (χ1) is 9.47. The third-order valence-electron chi connectivity index (χ3n) is 3.39. The molecular formula is C16H24N2O2. The van der Waals surface area contributed by atoms with Crippen LogP contribution in [0.1, 0.15) is 25.0 Å². The first-order valence-electron chi connectivity index (χ1n) is 7.05. The summed E-state index contributed by atoms with van der Waals surface area (Å²) >= 11 is 0. The quantitative estimate of drug-likeness (QED) is 0.796. The number of rotatable bonds is 6. The van der Waals surface area contributed by atoms with Crippen molar-refractivity contribution in [2.24, 2.45) is 0 Å². The lowest BCUT2D eigenvalue weighted by atomic mass is 10.1. The highest BCUT2D eigenvalue weighted by Crippen LogP contribution is 2.05. The molecule has 0 unspecified atom stereocenters. The third kappa shape index (κ3) is 4.68. The highest BCUT2D eigenvalue weighted by molar-refractivity contribution is 5.85. The fourth-order valence-corrected chi connectivity index (χ4v) is 1.98. The molecule has 0 aliphatic heterocycles. The fraction of sp³-hybridized carbons (Fsp3) is 0.500. The lowest BCUT2D eigenvalue weighted by Crippen LogP contribution is -2.41. The van der Waals surface area contributed by atoms with E-state index < -0.39 is 0 Å². The molecule has 0 atom stereocenters. The number of hydrogen-bond acceptors (Lipinski definition) is 2. The molecule has 1 aromatic rings. The Morgan fingerprint density at radius 2 is 1.55 bits per heavy atom. The zero-order valence-electron chi connectivity index (χ0n) is 12.8. The standard InChI is InChI=1S/C16H24N2O2/c1-5-18(6-2)16(20)12-17(4)15(19)11-14-9-7-13(3)8-10-14/h7-10H,5-6,11-12H2,1-4H3. The maximum Gasteiger partial charge on any atom is 0.242 e. The van der Waals surface area contributed by atoms with Crippen LogP contribution < -0.4 is 0 Å². The minimum Gasteiger partial charge on any atom is -0.342 e. The maximum atomic E-state index is 12.1. The number of benzene rings is 1. The Morgan fingerprint density at radius 3 is 2.05 bits per heavy atom. The Labute approximate surface area is 121 Å². The summed E-state index contributed by atoms with van der Waals surface area (Å²) in [6, 6.07) is 7.88. The van der Waals surface area contributed by atoms with Gasteiger partial charge in [-0.05, 0) is 26.3 Å². The van der Waals surface area contributed by atoms with Gasteiger partial charge in [0.15, 0.2) is 0 Å². The predicted octanol–water partition coefficient (Wildman–Crippen LogP) is 1.86. The Kier molecular flexibility index (Phi) is 6.22. The molecule has 1 rings (SSSR count). The minimum absolute atomic E-state index is 0.00486. The highest BCUT2D eigenvalue weighted by Gasteiger charge is 2.16. The van der Waals surface area contributed by atoms with Crippen LogP contribution in [0.25, 0.3) is 0 Å². The van der Waals surface area contributed by atoms with Crippen LogP contribution in [0.15, 0.2) is 24.3 Å². The van der Waals surface area contributed by atoms with Crippen molar-refractivity contribution < 1.29 is 9.59 Å². The molecule has 0 saturated carbocycles. The van der Waals surface area contributed by atoms with E-state index in [0.29, 0.717) is 19.5 Å². The average Bonchev–Trinajstić information content (AvgIpc) is 2.42. The van der Waals surface area contributed by atoms with Crippen LogP contribution >= 0.6 is 0 Å². The van der Waals surface area contributed by atoms with Gasteiger partial charge in [-0.25, -0.2) is 0 Å². The van der Waals surface area contributed by atoms with Gasteiger partial charge in [0.2, 0.25) is 11.8 Å². The molecule has 0 N–H and O–H groups in total. The highest BCUT2D eigenvalue weighted by atomic mass is 16.2. The molecule has 4 nitrogen and oxygen atoms in total. The lowest BCUT2D eigenvalue weighted by Gasteiger charge is -2.23. The van der Waals surface area contributed by atoms with Crippen LogP contribution in [0.2, 0.25) is 0 Å². The molecule has 0 bridgehead atoms. The molecule has 0 spiro atoms. The summed E-state index contributed by atoms with van der Waals surface area (Å²) in [6.45, 7) is 7.39. The predicted molar refractivity (Wildman–Crippen MR) is 80.4 cm³/mol. The zero-order valence-corrected chi connectivity index (χ0v) is 12.8. The van der Waals surface area contributed by atoms with Gasteiger partial charge in [0.05, 0.1) is 13.0 Å². The summed E-state index contributed by atoms with van der Waals surface area (Å²) in [5.74, 6) is -0.0379. The molecule has 2 amide bonds. The fourth-order valence-electron chi connectivity index (χ4n) is 1.98. The van der Waals surface area contributed by atoms with Gasteiger partial charge in [-0.15, -0.1) is 0 Å². The number of nitrogens with zero attached hydrogens (tertiary/aromatic N) is 2. The van der Waals surface area contributed by atoms with E-state index in [9.17, 15) is 9.59 Å². The van der Waals surface area contributed by atoms with E-state index in [-0.39, 0.29) is 18.4 Å². The van der Waals surface area contributed by atoms with Crippen molar-refractivity contribution >= 4 is 11.8 Å². The van der Waals surface area contributed by atoms with Gasteiger partial charge in [-0.3, -0.25) is 9.59 Å². The molecule has 110 valence electrons. The molecule has 0 aliphatic carbocycles. The smallest absolute Gasteiger partial charge is 0.242 e. The molecule has 0 aliphatic rings. The zero-order chi connectivity index (χ0) is 15.1. The van der Waals surface area contributed by atoms with Crippen LogP contribution in [0.4, 0.5) is 0 Å². The second kappa shape index (κ2) is 7.68. The molecule has 4 heteroatoms. The maximum absolute atomic E-state index is 12.1. The average molecular weight is 276 g/mol. The van der Waals surface area contributed by atoms with Gasteiger partial charge in [0.25, 0.3) is 0 Å². The third-order valence-corrected chi connectivity index (χ3v) is 3.39. The first kappa shape index (κ1) is 16.2. The van der Waals surface area contributed by atoms with Crippen molar-refractivity contribution in [1.29, 1.82) is 0 Å². The molecule has 0 radical (unpaired) electrons. The van der Waals surface area contributed by atoms with E-state index in [2.05, 4.69) is 0 Å². The van der Waals surface area contributed by atoms with Gasteiger partial charge < -0.3 is 9.80 Å². The SMILES string of the molecule is CCN(CC)C(=O)CN(C)C(=O)Cc1ccc(C)cc1. The molecule has 0 aromatic heterocycles. The van der Waals surface area contributed by atoms with E-state index in [1.807, 2.05) is 45.0 Å². The number of amides is 2. The number of carbonyl (C=O) groups excluding carboxylic acids is 2. The summed E-state index contributed by atoms with van der Waals surface area (Å²) < 4.78 is 0. The topological polar surface area (TPSA) is 40.6 Å². The molecular weight excluding hydrogens is 252 g/mol. The van der Waals surface area contributed by atoms with Crippen molar-refractivity contribution in [3.8, 4) is 0 Å². The van der Waals surface area contributed by atoms with Gasteiger partial charge in [-0.1, -0.05) is 29.8 Å². The number of likely N-dealkylation sites (N-methyl/N-ethyl adjacent to an activating group) is 2. The summed E-state index contributed by atoms with van der Waals surface area (Å²) in [5, 5.41) is 0. The number of hydrogen-bond donors (Lipinski definition) is 0. The second-order valence-electron chi connectivity index (χ2n) is 4.98. The summed E-state index contributed by atoms with van der Waals surface area (Å²) in [4.78, 5) is 27.3. The van der Waals surface area contributed by atoms with Crippen molar-refractivity contribution in [1.82, 2.24) is 9.80 Å². The van der Waals surface area contributed by atoms with Crippen molar-refractivity contribution in [3.63, 3.8) is 0 Å². The van der Waals surface area contributed by atoms with Gasteiger partial charge >= 0.3 is 0 Å². The summed E-state index contributed by atoms with van der Waals surface area (Å²) in [5.41, 5.74) is 2.15. The van der Waals surface area contributed by atoms with E-state index in [1.165, 1.54) is 10.5 Å². The van der Waals surface area contributed by atoms with Crippen molar-refractivity contribution in [3.05, 3.63) is 35.4 Å². The van der Waals surface area contributed by atoms with Crippen LogP contribution in [0, 0.1) is 6.92 Å².